The number of allylic oxidation sites excluding steroid dienone is 2. The van der Waals surface area contributed by atoms with E-state index in [9.17, 15) is 0 Å². The minimum Gasteiger partial charge on any atom is -0.0949 e. The van der Waals surface area contributed by atoms with Crippen LogP contribution in [0.25, 0.3) is 0 Å². The lowest BCUT2D eigenvalue weighted by atomic mass is 10.2. The van der Waals surface area contributed by atoms with E-state index in [0.29, 0.717) is 0 Å². The summed E-state index contributed by atoms with van der Waals surface area (Å²) >= 11 is 5.31. The van der Waals surface area contributed by atoms with Crippen molar-refractivity contribution in [3.8, 4) is 0 Å². The number of aryl methyl sites for hydroxylation is 1. The van der Waals surface area contributed by atoms with Gasteiger partial charge in [-0.3, -0.25) is 0 Å². The number of thioether (sulfide) groups is 1. The van der Waals surface area contributed by atoms with Gasteiger partial charge in [0.15, 0.2) is 0 Å². The quantitative estimate of drug-likeness (QED) is 0.684. The summed E-state index contributed by atoms with van der Waals surface area (Å²) in [6, 6.07) is 6.41. The zero-order valence-corrected chi connectivity index (χ0v) is 11.2. The van der Waals surface area contributed by atoms with Crippen LogP contribution in [0.15, 0.2) is 38.5 Å². The van der Waals surface area contributed by atoms with Crippen LogP contribution in [0.5, 0.6) is 0 Å². The lowest BCUT2D eigenvalue weighted by Gasteiger charge is -2.05. The summed E-state index contributed by atoms with van der Waals surface area (Å²) in [7, 11) is 0. The van der Waals surface area contributed by atoms with Crippen LogP contribution in [-0.4, -0.2) is 0 Å². The molecule has 0 aliphatic carbocycles. The third kappa shape index (κ3) is 3.50. The Morgan fingerprint density at radius 2 is 2.21 bits per heavy atom. The van der Waals surface area contributed by atoms with Crippen molar-refractivity contribution in [3.05, 3.63) is 39.2 Å². The highest BCUT2D eigenvalue weighted by atomic mass is 79.9. The van der Waals surface area contributed by atoms with Crippen molar-refractivity contribution in [1.29, 1.82) is 0 Å². The number of benzene rings is 1. The number of rotatable bonds is 3. The Morgan fingerprint density at radius 3 is 2.79 bits per heavy atom. The SMILES string of the molecule is CC/C=C(\C)Sc1ccc(Br)cc1C. The van der Waals surface area contributed by atoms with Gasteiger partial charge in [-0.05, 0) is 48.9 Å². The van der Waals surface area contributed by atoms with Gasteiger partial charge in [0.05, 0.1) is 0 Å². The summed E-state index contributed by atoms with van der Waals surface area (Å²) in [5.41, 5.74) is 1.33. The van der Waals surface area contributed by atoms with Gasteiger partial charge in [0.25, 0.3) is 0 Å². The fourth-order valence-electron chi connectivity index (χ4n) is 1.23. The van der Waals surface area contributed by atoms with Gasteiger partial charge in [0, 0.05) is 9.37 Å². The summed E-state index contributed by atoms with van der Waals surface area (Å²) in [6.07, 6.45) is 3.36. The first-order valence-electron chi connectivity index (χ1n) is 4.74. The standard InChI is InChI=1S/C12H15BrS/c1-4-5-10(3)14-12-7-6-11(13)8-9(12)2/h5-8H,4H2,1-3H3/b10-5+. The second kappa shape index (κ2) is 5.62. The first-order valence-corrected chi connectivity index (χ1v) is 6.35. The predicted molar refractivity (Wildman–Crippen MR) is 68.8 cm³/mol. The maximum Gasteiger partial charge on any atom is 0.0178 e. The van der Waals surface area contributed by atoms with Gasteiger partial charge in [0.2, 0.25) is 0 Å². The van der Waals surface area contributed by atoms with E-state index < -0.39 is 0 Å². The highest BCUT2D eigenvalue weighted by Crippen LogP contribution is 2.30. The van der Waals surface area contributed by atoms with Crippen LogP contribution in [0.1, 0.15) is 25.8 Å². The molecule has 0 fully saturated rings. The van der Waals surface area contributed by atoms with E-state index >= 15 is 0 Å². The smallest absolute Gasteiger partial charge is 0.0178 e. The number of hydrogen-bond acceptors (Lipinski definition) is 1. The predicted octanol–water partition coefficient (Wildman–Crippen LogP) is 5.16. The molecule has 0 radical (unpaired) electrons. The molecule has 0 aromatic heterocycles. The molecule has 0 bridgehead atoms. The molecule has 0 N–H and O–H groups in total. The first kappa shape index (κ1) is 11.9. The fraction of sp³-hybridized carbons (Fsp3) is 0.333. The maximum absolute atomic E-state index is 3.47. The Morgan fingerprint density at radius 1 is 1.50 bits per heavy atom. The molecule has 0 aliphatic rings. The van der Waals surface area contributed by atoms with Crippen molar-refractivity contribution in [2.45, 2.75) is 32.1 Å². The van der Waals surface area contributed by atoms with Crippen LogP contribution in [-0.2, 0) is 0 Å². The zero-order valence-electron chi connectivity index (χ0n) is 8.80. The average Bonchev–Trinajstić information content (AvgIpc) is 2.10. The van der Waals surface area contributed by atoms with Crippen molar-refractivity contribution in [2.75, 3.05) is 0 Å². The third-order valence-corrected chi connectivity index (χ3v) is 3.56. The zero-order chi connectivity index (χ0) is 10.6. The average molecular weight is 271 g/mol. The van der Waals surface area contributed by atoms with Crippen molar-refractivity contribution in [1.82, 2.24) is 0 Å². The number of halogens is 1. The third-order valence-electron chi connectivity index (χ3n) is 1.90. The van der Waals surface area contributed by atoms with E-state index in [4.69, 9.17) is 0 Å². The Labute approximate surface area is 98.9 Å². The van der Waals surface area contributed by atoms with Crippen LogP contribution in [0.4, 0.5) is 0 Å². The summed E-state index contributed by atoms with van der Waals surface area (Å²) in [6.45, 7) is 6.47. The van der Waals surface area contributed by atoms with Gasteiger partial charge in [-0.25, -0.2) is 0 Å². The molecule has 14 heavy (non-hydrogen) atoms. The maximum atomic E-state index is 3.47. The molecule has 1 aromatic carbocycles. The fourth-order valence-corrected chi connectivity index (χ4v) is 2.66. The molecule has 0 heterocycles. The summed E-state index contributed by atoms with van der Waals surface area (Å²) in [5, 5.41) is 0. The van der Waals surface area contributed by atoms with E-state index in [1.54, 1.807) is 0 Å². The Balaban J connectivity index is 2.82. The molecule has 0 amide bonds. The minimum atomic E-state index is 1.11. The lowest BCUT2D eigenvalue weighted by molar-refractivity contribution is 1.21. The van der Waals surface area contributed by atoms with E-state index in [2.05, 4.69) is 61.0 Å². The van der Waals surface area contributed by atoms with Gasteiger partial charge in [-0.15, -0.1) is 0 Å². The first-order chi connectivity index (χ1) is 6.63. The molecule has 76 valence electrons. The van der Waals surface area contributed by atoms with Crippen molar-refractivity contribution < 1.29 is 0 Å². The Hall–Kier alpha value is -0.210. The van der Waals surface area contributed by atoms with Crippen LogP contribution < -0.4 is 0 Å². The molecule has 0 atom stereocenters. The molecule has 1 aromatic rings. The van der Waals surface area contributed by atoms with Crippen molar-refractivity contribution in [2.24, 2.45) is 0 Å². The van der Waals surface area contributed by atoms with Crippen LogP contribution in [0, 0.1) is 6.92 Å². The van der Waals surface area contributed by atoms with Gasteiger partial charge in [0.1, 0.15) is 0 Å². The summed E-state index contributed by atoms with van der Waals surface area (Å²) in [5.74, 6) is 0. The van der Waals surface area contributed by atoms with Crippen molar-refractivity contribution >= 4 is 27.7 Å². The second-order valence-electron chi connectivity index (χ2n) is 3.23. The summed E-state index contributed by atoms with van der Waals surface area (Å²) < 4.78 is 1.15. The van der Waals surface area contributed by atoms with Crippen LogP contribution in [0.2, 0.25) is 0 Å². The van der Waals surface area contributed by atoms with Gasteiger partial charge in [-0.1, -0.05) is 40.7 Å². The van der Waals surface area contributed by atoms with E-state index in [-0.39, 0.29) is 0 Å². The monoisotopic (exact) mass is 270 g/mol. The molecule has 0 saturated carbocycles. The van der Waals surface area contributed by atoms with Gasteiger partial charge < -0.3 is 0 Å². The Kier molecular flexibility index (Phi) is 4.76. The minimum absolute atomic E-state index is 1.11. The van der Waals surface area contributed by atoms with E-state index in [0.717, 1.165) is 10.9 Å². The lowest BCUT2D eigenvalue weighted by Crippen LogP contribution is -1.79. The van der Waals surface area contributed by atoms with Crippen molar-refractivity contribution in [3.63, 3.8) is 0 Å². The molecule has 0 nitrogen and oxygen atoms in total. The molecule has 2 heteroatoms. The normalized spacial score (nSPS) is 11.9. The summed E-state index contributed by atoms with van der Waals surface area (Å²) in [4.78, 5) is 2.72. The molecule has 0 unspecified atom stereocenters. The van der Waals surface area contributed by atoms with Crippen LogP contribution in [0.3, 0.4) is 0 Å². The van der Waals surface area contributed by atoms with E-state index in [1.807, 2.05) is 11.8 Å². The molecular formula is C12H15BrS. The van der Waals surface area contributed by atoms with Gasteiger partial charge >= 0.3 is 0 Å². The molecule has 0 saturated heterocycles. The molecule has 0 aliphatic heterocycles. The highest BCUT2D eigenvalue weighted by Gasteiger charge is 2.00. The second-order valence-corrected chi connectivity index (χ2v) is 5.44. The van der Waals surface area contributed by atoms with Gasteiger partial charge in [-0.2, -0.15) is 0 Å². The highest BCUT2D eigenvalue weighted by molar-refractivity contribution is 9.10. The topological polar surface area (TPSA) is 0 Å². The molecule has 1 rings (SSSR count). The largest absolute Gasteiger partial charge is 0.0949 e. The van der Waals surface area contributed by atoms with E-state index in [1.165, 1.54) is 15.4 Å². The molecule has 0 spiro atoms. The Bertz CT molecular complexity index is 342. The number of hydrogen-bond donors (Lipinski definition) is 0. The molecular weight excluding hydrogens is 256 g/mol. The van der Waals surface area contributed by atoms with Crippen LogP contribution >= 0.6 is 27.7 Å².